The van der Waals surface area contributed by atoms with Gasteiger partial charge in [-0.25, -0.2) is 4.79 Å². The number of hydrogen-bond donors (Lipinski definition) is 2. The molecule has 0 saturated carbocycles. The van der Waals surface area contributed by atoms with Crippen molar-refractivity contribution in [3.8, 4) is 11.5 Å². The second-order valence-corrected chi connectivity index (χ2v) is 11.7. The molecule has 1 saturated heterocycles. The first-order valence-electron chi connectivity index (χ1n) is 13.5. The van der Waals surface area contributed by atoms with Crippen LogP contribution in [0.15, 0.2) is 66.7 Å². The first-order valence-corrected chi connectivity index (χ1v) is 14.9. The molecule has 0 spiro atoms. The molecule has 2 aliphatic heterocycles. The van der Waals surface area contributed by atoms with Crippen LogP contribution in [0.3, 0.4) is 0 Å². The van der Waals surface area contributed by atoms with Crippen LogP contribution in [0.25, 0.3) is 10.9 Å². The number of fused-ring (bicyclic) bond motifs is 3. The highest BCUT2D eigenvalue weighted by Gasteiger charge is 2.35. The van der Waals surface area contributed by atoms with Crippen molar-refractivity contribution in [2.45, 2.75) is 25.8 Å². The predicted molar refractivity (Wildman–Crippen MR) is 161 cm³/mol. The highest BCUT2D eigenvalue weighted by molar-refractivity contribution is 8.14. The zero-order chi connectivity index (χ0) is 27.6. The average molecular weight is 575 g/mol. The molecule has 1 fully saturated rings. The Kier molecular flexibility index (Phi) is 7.63. The van der Waals surface area contributed by atoms with Crippen LogP contribution in [-0.4, -0.2) is 58.0 Å². The van der Waals surface area contributed by atoms with Gasteiger partial charge in [0.25, 0.3) is 0 Å². The highest BCUT2D eigenvalue weighted by atomic mass is 35.5. The van der Waals surface area contributed by atoms with Crippen LogP contribution in [0.5, 0.6) is 11.5 Å². The summed E-state index contributed by atoms with van der Waals surface area (Å²) in [5.41, 5.74) is 5.22. The summed E-state index contributed by atoms with van der Waals surface area (Å²) in [6.07, 6.45) is 1.16. The lowest BCUT2D eigenvalue weighted by Crippen LogP contribution is -2.42. The molecular weight excluding hydrogens is 544 g/mol. The highest BCUT2D eigenvalue weighted by Crippen LogP contribution is 2.40. The van der Waals surface area contributed by atoms with Crippen molar-refractivity contribution in [2.24, 2.45) is 0 Å². The van der Waals surface area contributed by atoms with Crippen molar-refractivity contribution in [2.75, 3.05) is 32.0 Å². The molecule has 0 bridgehead atoms. The number of carbonyl (C=O) groups excluding carboxylic acids is 1. The molecule has 1 atom stereocenters. The Morgan fingerprint density at radius 3 is 2.60 bits per heavy atom. The summed E-state index contributed by atoms with van der Waals surface area (Å²) in [6, 6.07) is 21.0. The molecule has 40 heavy (non-hydrogen) atoms. The number of halogens is 1. The number of nitrogens with one attached hydrogen (secondary N) is 2. The average Bonchev–Trinajstić information content (AvgIpc) is 3.54. The predicted octanol–water partition coefficient (Wildman–Crippen LogP) is 7.03. The quantitative estimate of drug-likeness (QED) is 0.232. The SMILES string of the molecule is Cc1ccc(OC(=O)N2CCc3c([nH]c4ccc(Cl)cc34)C2c2ccc(OCCCN3CCSC3=N)cc2)cc1. The fourth-order valence-corrected chi connectivity index (χ4v) is 6.46. The van der Waals surface area contributed by atoms with Gasteiger partial charge < -0.3 is 19.4 Å². The van der Waals surface area contributed by atoms with Gasteiger partial charge in [0.2, 0.25) is 0 Å². The van der Waals surface area contributed by atoms with Gasteiger partial charge in [-0.05, 0) is 73.4 Å². The molecule has 7 nitrogen and oxygen atoms in total. The van der Waals surface area contributed by atoms with E-state index in [4.69, 9.17) is 26.5 Å². The Hall–Kier alpha value is -3.62. The lowest BCUT2D eigenvalue weighted by Gasteiger charge is -2.35. The van der Waals surface area contributed by atoms with E-state index in [2.05, 4.69) is 9.88 Å². The molecular formula is C31H31ClN4O3S. The van der Waals surface area contributed by atoms with Crippen molar-refractivity contribution in [3.05, 3.63) is 94.1 Å². The van der Waals surface area contributed by atoms with Gasteiger partial charge in [0.05, 0.1) is 6.61 Å². The molecule has 1 unspecified atom stereocenters. The van der Waals surface area contributed by atoms with E-state index in [-0.39, 0.29) is 12.1 Å². The van der Waals surface area contributed by atoms with Crippen LogP contribution in [0.4, 0.5) is 4.79 Å². The Labute approximate surface area is 242 Å². The molecule has 2 aliphatic rings. The minimum absolute atomic E-state index is 0.347. The summed E-state index contributed by atoms with van der Waals surface area (Å²) < 4.78 is 11.8. The van der Waals surface area contributed by atoms with Crippen molar-refractivity contribution in [1.82, 2.24) is 14.8 Å². The summed E-state index contributed by atoms with van der Waals surface area (Å²) in [5, 5.41) is 10.4. The van der Waals surface area contributed by atoms with E-state index in [1.165, 1.54) is 5.56 Å². The smallest absolute Gasteiger partial charge is 0.416 e. The van der Waals surface area contributed by atoms with E-state index in [1.807, 2.05) is 73.7 Å². The molecule has 9 heteroatoms. The zero-order valence-electron chi connectivity index (χ0n) is 22.3. The van der Waals surface area contributed by atoms with Crippen LogP contribution >= 0.6 is 23.4 Å². The van der Waals surface area contributed by atoms with Gasteiger partial charge in [-0.2, -0.15) is 0 Å². The van der Waals surface area contributed by atoms with Crippen molar-refractivity contribution in [3.63, 3.8) is 0 Å². The van der Waals surface area contributed by atoms with Gasteiger partial charge >= 0.3 is 6.09 Å². The van der Waals surface area contributed by atoms with Crippen LogP contribution in [0.1, 0.15) is 34.8 Å². The Morgan fingerprint density at radius 1 is 1.07 bits per heavy atom. The van der Waals surface area contributed by atoms with Gasteiger partial charge in [0.1, 0.15) is 17.5 Å². The third-order valence-electron chi connectivity index (χ3n) is 7.47. The van der Waals surface area contributed by atoms with Crippen molar-refractivity contribution < 1.29 is 14.3 Å². The molecule has 206 valence electrons. The summed E-state index contributed by atoms with van der Waals surface area (Å²) in [6.45, 7) is 4.87. The number of nitrogens with zero attached hydrogens (tertiary/aromatic N) is 2. The number of aromatic nitrogens is 1. The minimum Gasteiger partial charge on any atom is -0.494 e. The van der Waals surface area contributed by atoms with E-state index in [0.717, 1.165) is 58.7 Å². The number of ether oxygens (including phenoxy) is 2. The topological polar surface area (TPSA) is 81.7 Å². The molecule has 2 N–H and O–H groups in total. The van der Waals surface area contributed by atoms with E-state index < -0.39 is 0 Å². The van der Waals surface area contributed by atoms with Crippen LogP contribution in [-0.2, 0) is 6.42 Å². The van der Waals surface area contributed by atoms with Gasteiger partial charge in [0, 0.05) is 47.0 Å². The largest absolute Gasteiger partial charge is 0.494 e. The summed E-state index contributed by atoms with van der Waals surface area (Å²) in [5.74, 6) is 2.29. The minimum atomic E-state index is -0.387. The number of amidine groups is 1. The maximum atomic E-state index is 13.5. The Bertz CT molecular complexity index is 1540. The normalized spacial score (nSPS) is 16.9. The van der Waals surface area contributed by atoms with Gasteiger partial charge in [0.15, 0.2) is 5.17 Å². The summed E-state index contributed by atoms with van der Waals surface area (Å²) in [4.78, 5) is 21.0. The van der Waals surface area contributed by atoms with Gasteiger partial charge in [-0.1, -0.05) is 53.2 Å². The third kappa shape index (κ3) is 5.51. The number of hydrogen-bond acceptors (Lipinski definition) is 5. The van der Waals surface area contributed by atoms with Crippen LogP contribution in [0, 0.1) is 12.3 Å². The molecule has 0 aliphatic carbocycles. The number of H-pyrrole nitrogens is 1. The van der Waals surface area contributed by atoms with Gasteiger partial charge in [-0.15, -0.1) is 0 Å². The number of rotatable bonds is 7. The number of amides is 1. The maximum absolute atomic E-state index is 13.5. The zero-order valence-corrected chi connectivity index (χ0v) is 23.9. The van der Waals surface area contributed by atoms with Crippen molar-refractivity contribution in [1.29, 1.82) is 5.41 Å². The molecule has 1 aromatic heterocycles. The maximum Gasteiger partial charge on any atom is 0.416 e. The first kappa shape index (κ1) is 26.6. The Morgan fingerprint density at radius 2 is 1.85 bits per heavy atom. The van der Waals surface area contributed by atoms with Gasteiger partial charge in [-0.3, -0.25) is 10.3 Å². The number of benzene rings is 3. The number of carbonyl (C=O) groups is 1. The fraction of sp³-hybridized carbons (Fsp3) is 0.290. The second kappa shape index (κ2) is 11.5. The lowest BCUT2D eigenvalue weighted by molar-refractivity contribution is 0.135. The number of aryl methyl sites for hydroxylation is 1. The molecule has 1 amide bonds. The standard InChI is InChI=1S/C31H31ClN4O3S/c1-20-3-8-24(9-4-20)39-31(37)36-15-13-25-26-19-22(32)7-12-27(26)34-28(25)29(36)21-5-10-23(11-6-21)38-17-2-14-35-16-18-40-30(35)33/h3-12,19,29,33-34H,2,13-18H2,1H3. The van der Waals surface area contributed by atoms with Crippen molar-refractivity contribution >= 4 is 45.5 Å². The molecule has 6 rings (SSSR count). The third-order valence-corrected chi connectivity index (χ3v) is 8.63. The fourth-order valence-electron chi connectivity index (χ4n) is 5.42. The van der Waals surface area contributed by atoms with Crippen LogP contribution in [0.2, 0.25) is 5.02 Å². The summed E-state index contributed by atoms with van der Waals surface area (Å²) >= 11 is 7.94. The van der Waals surface area contributed by atoms with E-state index in [0.29, 0.717) is 35.5 Å². The van der Waals surface area contributed by atoms with Crippen LogP contribution < -0.4 is 9.47 Å². The first-order chi connectivity index (χ1) is 19.5. The second-order valence-electron chi connectivity index (χ2n) is 10.1. The molecule has 3 aromatic carbocycles. The van der Waals surface area contributed by atoms with E-state index in [1.54, 1.807) is 16.7 Å². The van der Waals surface area contributed by atoms with E-state index >= 15 is 0 Å². The van der Waals surface area contributed by atoms with E-state index in [9.17, 15) is 4.79 Å². The number of thioether (sulfide) groups is 1. The monoisotopic (exact) mass is 574 g/mol. The summed E-state index contributed by atoms with van der Waals surface area (Å²) in [7, 11) is 0. The Balaban J connectivity index is 1.24. The molecule has 4 aromatic rings. The molecule has 3 heterocycles. The molecule has 0 radical (unpaired) electrons. The number of aromatic amines is 1. The lowest BCUT2D eigenvalue weighted by atomic mass is 9.92.